The Balaban J connectivity index is 0.000000205. The zero-order chi connectivity index (χ0) is 49.5. The maximum atomic E-state index is 14.1. The summed E-state index contributed by atoms with van der Waals surface area (Å²) in [6.07, 6.45) is -0.862. The van der Waals surface area contributed by atoms with Crippen molar-refractivity contribution >= 4 is 18.3 Å². The standard InChI is InChI=1S/C27H25F3N2O4.C26H24F3NO3/c1-17(18-2-4-19(5-3-18)23-11-10-22(29)16-24(23)30)32-14-12-27(36-26(32)34,13-15-35-25(31)33)20-6-8-21(28)9-7-20;1-17(18-2-4-19(5-3-18)23-11-10-22(28)16-24(23)29)30-14-12-26(13-15-31,33-25(30)32)20-6-8-21(27)9-7-20/h2-11,16-17H,12-15H2,1H3,(H2,31,33);2-11,16-17,31H,12-15H2,1H3/t17-,27-;17-,26-/m00/s1. The van der Waals surface area contributed by atoms with E-state index in [9.17, 15) is 45.8 Å². The van der Waals surface area contributed by atoms with Crippen molar-refractivity contribution in [1.29, 1.82) is 0 Å². The van der Waals surface area contributed by atoms with Crippen LogP contribution in [-0.2, 0) is 25.4 Å². The van der Waals surface area contributed by atoms with Crippen LogP contribution in [0.5, 0.6) is 0 Å². The van der Waals surface area contributed by atoms with E-state index in [2.05, 4.69) is 0 Å². The summed E-state index contributed by atoms with van der Waals surface area (Å²) in [5.74, 6) is -3.40. The molecule has 0 unspecified atom stereocenters. The molecular formula is C53H49F6N3O7. The number of rotatable bonds is 13. The highest BCUT2D eigenvalue weighted by atomic mass is 19.2. The van der Waals surface area contributed by atoms with Gasteiger partial charge in [-0.1, -0.05) is 72.8 Å². The molecule has 0 spiro atoms. The van der Waals surface area contributed by atoms with Crippen molar-refractivity contribution in [2.24, 2.45) is 5.73 Å². The molecule has 360 valence electrons. The third kappa shape index (κ3) is 11.3. The Hall–Kier alpha value is -7.33. The number of aliphatic hydroxyl groups is 1. The number of hydrogen-bond donors (Lipinski definition) is 2. The van der Waals surface area contributed by atoms with Crippen LogP contribution in [0.3, 0.4) is 0 Å². The zero-order valence-electron chi connectivity index (χ0n) is 37.6. The minimum atomic E-state index is -1.11. The van der Waals surface area contributed by atoms with E-state index < -0.39 is 58.6 Å². The largest absolute Gasteiger partial charge is 0.450 e. The number of benzene rings is 6. The normalized spacial score (nSPS) is 18.9. The topological polar surface area (TPSA) is 132 Å². The third-order valence-electron chi connectivity index (χ3n) is 12.8. The van der Waals surface area contributed by atoms with Crippen LogP contribution in [0.4, 0.5) is 40.7 Å². The molecule has 8 rings (SSSR count). The second kappa shape index (κ2) is 21.3. The van der Waals surface area contributed by atoms with E-state index in [1.807, 2.05) is 13.8 Å². The number of ether oxygens (including phenoxy) is 3. The average Bonchev–Trinajstić information content (AvgIpc) is 3.32. The van der Waals surface area contributed by atoms with Crippen LogP contribution in [0, 0.1) is 34.9 Å². The number of carbonyl (C=O) groups excluding carboxylic acids is 3. The predicted molar refractivity (Wildman–Crippen MR) is 244 cm³/mol. The molecule has 0 aliphatic carbocycles. The number of hydrogen-bond acceptors (Lipinski definition) is 7. The van der Waals surface area contributed by atoms with E-state index >= 15 is 0 Å². The van der Waals surface area contributed by atoms with Gasteiger partial charge in [-0.3, -0.25) is 0 Å². The lowest BCUT2D eigenvalue weighted by atomic mass is 9.85. The molecule has 6 aromatic carbocycles. The summed E-state index contributed by atoms with van der Waals surface area (Å²) in [5, 5.41) is 9.57. The molecule has 2 aliphatic heterocycles. The zero-order valence-corrected chi connectivity index (χ0v) is 37.6. The summed E-state index contributed by atoms with van der Waals surface area (Å²) >= 11 is 0. The first-order chi connectivity index (χ1) is 33.0. The van der Waals surface area contributed by atoms with Gasteiger partial charge in [0, 0.05) is 68.6 Å². The summed E-state index contributed by atoms with van der Waals surface area (Å²) in [6.45, 7) is 4.16. The first kappa shape index (κ1) is 49.6. The minimum Gasteiger partial charge on any atom is -0.450 e. The Morgan fingerprint density at radius 1 is 0.594 bits per heavy atom. The van der Waals surface area contributed by atoms with Crippen LogP contribution in [0.2, 0.25) is 0 Å². The summed E-state index contributed by atoms with van der Waals surface area (Å²) in [6, 6.07) is 31.6. The molecule has 0 aromatic heterocycles. The van der Waals surface area contributed by atoms with E-state index in [4.69, 9.17) is 19.9 Å². The van der Waals surface area contributed by atoms with E-state index in [1.165, 1.54) is 48.5 Å². The molecule has 3 amide bonds. The number of amides is 3. The highest BCUT2D eigenvalue weighted by Crippen LogP contribution is 2.42. The first-order valence-corrected chi connectivity index (χ1v) is 22.2. The Labute approximate surface area is 394 Å². The smallest absolute Gasteiger partial charge is 0.411 e. The molecule has 0 radical (unpaired) electrons. The van der Waals surface area contributed by atoms with Gasteiger partial charge in [-0.2, -0.15) is 0 Å². The number of cyclic esters (lactones) is 2. The fraction of sp³-hybridized carbons (Fsp3) is 0.264. The average molecular weight is 954 g/mol. The lowest BCUT2D eigenvalue weighted by Crippen LogP contribution is -2.49. The number of primary amides is 1. The van der Waals surface area contributed by atoms with Gasteiger partial charge in [-0.25, -0.2) is 40.7 Å². The van der Waals surface area contributed by atoms with Gasteiger partial charge in [-0.15, -0.1) is 0 Å². The molecule has 2 heterocycles. The summed E-state index contributed by atoms with van der Waals surface area (Å²) in [7, 11) is 0. The van der Waals surface area contributed by atoms with E-state index in [1.54, 1.807) is 82.6 Å². The molecule has 0 saturated carbocycles. The Kier molecular flexibility index (Phi) is 15.3. The summed E-state index contributed by atoms with van der Waals surface area (Å²) < 4.78 is 98.1. The molecular weight excluding hydrogens is 905 g/mol. The number of nitrogens with two attached hydrogens (primary N) is 1. The van der Waals surface area contributed by atoms with Crippen LogP contribution in [0.15, 0.2) is 133 Å². The maximum Gasteiger partial charge on any atom is 0.411 e. The van der Waals surface area contributed by atoms with Crippen molar-refractivity contribution in [2.45, 2.75) is 62.8 Å². The highest BCUT2D eigenvalue weighted by Gasteiger charge is 2.45. The first-order valence-electron chi connectivity index (χ1n) is 22.2. The lowest BCUT2D eigenvalue weighted by Gasteiger charge is -2.43. The van der Waals surface area contributed by atoms with Gasteiger partial charge < -0.3 is 34.9 Å². The second-order valence-electron chi connectivity index (χ2n) is 16.9. The Morgan fingerprint density at radius 3 is 1.32 bits per heavy atom. The molecule has 3 N–H and O–H groups in total. The van der Waals surface area contributed by atoms with Gasteiger partial charge in [0.1, 0.15) is 46.1 Å². The fourth-order valence-corrected chi connectivity index (χ4v) is 8.78. The van der Waals surface area contributed by atoms with Gasteiger partial charge >= 0.3 is 18.3 Å². The van der Waals surface area contributed by atoms with Gasteiger partial charge in [0.15, 0.2) is 0 Å². The second-order valence-corrected chi connectivity index (χ2v) is 16.9. The molecule has 16 heteroatoms. The monoisotopic (exact) mass is 953 g/mol. The molecule has 4 atom stereocenters. The minimum absolute atomic E-state index is 0.0725. The van der Waals surface area contributed by atoms with Crippen LogP contribution in [0.1, 0.15) is 73.9 Å². The molecule has 0 bridgehead atoms. The highest BCUT2D eigenvalue weighted by molar-refractivity contribution is 5.72. The van der Waals surface area contributed by atoms with Crippen molar-refractivity contribution in [1.82, 2.24) is 9.80 Å². The van der Waals surface area contributed by atoms with Crippen LogP contribution in [-0.4, -0.2) is 59.5 Å². The van der Waals surface area contributed by atoms with Gasteiger partial charge in [0.05, 0.1) is 18.7 Å². The van der Waals surface area contributed by atoms with E-state index in [0.717, 1.165) is 23.3 Å². The van der Waals surface area contributed by atoms with E-state index in [0.29, 0.717) is 53.7 Å². The Bertz CT molecular complexity index is 2760. The predicted octanol–water partition coefficient (Wildman–Crippen LogP) is 12.0. The number of carbonyl (C=O) groups is 3. The SMILES string of the molecule is C[C@@H](c1ccc(-c2ccc(F)cc2F)cc1)N1CC[C@](CCO)(c2ccc(F)cc2)OC1=O.C[C@@H](c1ccc(-c2ccc(F)cc2F)cc1)N1CC[C@](CCOC(N)=O)(c2ccc(F)cc2)OC1=O. The van der Waals surface area contributed by atoms with Crippen LogP contribution in [0.25, 0.3) is 22.3 Å². The van der Waals surface area contributed by atoms with Crippen molar-refractivity contribution in [3.63, 3.8) is 0 Å². The van der Waals surface area contributed by atoms with Crippen molar-refractivity contribution in [3.05, 3.63) is 191 Å². The Morgan fingerprint density at radius 2 is 0.971 bits per heavy atom. The number of nitrogens with zero attached hydrogens (tertiary/aromatic N) is 2. The van der Waals surface area contributed by atoms with E-state index in [-0.39, 0.29) is 49.5 Å². The number of halogens is 6. The maximum absolute atomic E-state index is 14.1. The van der Waals surface area contributed by atoms with Gasteiger partial charge in [0.2, 0.25) is 0 Å². The van der Waals surface area contributed by atoms with Gasteiger partial charge in [-0.05, 0) is 95.8 Å². The van der Waals surface area contributed by atoms with Crippen molar-refractivity contribution in [2.75, 3.05) is 26.3 Å². The van der Waals surface area contributed by atoms with Crippen LogP contribution < -0.4 is 5.73 Å². The third-order valence-corrected chi connectivity index (χ3v) is 12.8. The summed E-state index contributed by atoms with van der Waals surface area (Å²) in [4.78, 5) is 40.3. The van der Waals surface area contributed by atoms with Crippen molar-refractivity contribution in [3.8, 4) is 22.3 Å². The fourth-order valence-electron chi connectivity index (χ4n) is 8.78. The molecule has 2 fully saturated rings. The molecule has 2 saturated heterocycles. The lowest BCUT2D eigenvalue weighted by molar-refractivity contribution is -0.0728. The molecule has 10 nitrogen and oxygen atoms in total. The van der Waals surface area contributed by atoms with Gasteiger partial charge in [0.25, 0.3) is 0 Å². The van der Waals surface area contributed by atoms with Crippen molar-refractivity contribution < 1.29 is 60.0 Å². The quantitative estimate of drug-likeness (QED) is 0.0870. The van der Waals surface area contributed by atoms with Crippen LogP contribution >= 0.6 is 0 Å². The molecule has 6 aromatic rings. The molecule has 2 aliphatic rings. The number of aliphatic hydroxyl groups excluding tert-OH is 1. The summed E-state index contributed by atoms with van der Waals surface area (Å²) in [5.41, 5.74) is 7.53. The molecule has 69 heavy (non-hydrogen) atoms.